The van der Waals surface area contributed by atoms with Crippen LogP contribution in [0.15, 0.2) is 61.3 Å². The fourth-order valence-electron chi connectivity index (χ4n) is 4.54. The first kappa shape index (κ1) is 22.9. The third-order valence-electron chi connectivity index (χ3n) is 6.23. The molecule has 0 aliphatic carbocycles. The Morgan fingerprint density at radius 3 is 2.80 bits per heavy atom. The van der Waals surface area contributed by atoms with Crippen molar-refractivity contribution in [1.29, 1.82) is 0 Å². The topological polar surface area (TPSA) is 93.0 Å². The zero-order valence-corrected chi connectivity index (χ0v) is 20.3. The summed E-state index contributed by atoms with van der Waals surface area (Å²) in [7, 11) is 0. The van der Waals surface area contributed by atoms with Gasteiger partial charge >= 0.3 is 0 Å². The Balaban J connectivity index is 1.42. The largest absolute Gasteiger partial charge is 0.339 e. The number of benzene rings is 1. The summed E-state index contributed by atoms with van der Waals surface area (Å²) < 4.78 is 2.12. The number of thiophene rings is 1. The van der Waals surface area contributed by atoms with E-state index < -0.39 is 0 Å². The molecule has 2 amide bonds. The number of hydrogen-bond donors (Lipinski definition) is 1. The fraction of sp³-hybridized carbons (Fsp3) is 0.269. The van der Waals surface area contributed by atoms with Crippen LogP contribution in [0.2, 0.25) is 0 Å². The van der Waals surface area contributed by atoms with Gasteiger partial charge in [-0.3, -0.25) is 14.9 Å². The third kappa shape index (κ3) is 4.72. The van der Waals surface area contributed by atoms with Gasteiger partial charge < -0.3 is 9.47 Å². The summed E-state index contributed by atoms with van der Waals surface area (Å²) in [6.45, 7) is 6.81. The summed E-state index contributed by atoms with van der Waals surface area (Å²) in [5.74, 6) is 0.965. The highest BCUT2D eigenvalue weighted by Crippen LogP contribution is 2.32. The lowest BCUT2D eigenvalue weighted by molar-refractivity contribution is -0.125. The van der Waals surface area contributed by atoms with Gasteiger partial charge in [0.05, 0.1) is 26.5 Å². The molecule has 35 heavy (non-hydrogen) atoms. The van der Waals surface area contributed by atoms with Crippen LogP contribution in [0.3, 0.4) is 0 Å². The van der Waals surface area contributed by atoms with Gasteiger partial charge in [0.1, 0.15) is 5.82 Å². The number of nitrogens with zero attached hydrogens (tertiary/aromatic N) is 5. The number of carbonyl (C=O) groups excluding carboxylic acids is 2. The number of aryl methyl sites for hydroxylation is 1. The minimum atomic E-state index is -0.208. The molecule has 3 aromatic heterocycles. The predicted octanol–water partition coefficient (Wildman–Crippen LogP) is 4.86. The van der Waals surface area contributed by atoms with E-state index >= 15 is 0 Å². The van der Waals surface area contributed by atoms with Gasteiger partial charge in [0.15, 0.2) is 0 Å². The summed E-state index contributed by atoms with van der Waals surface area (Å²) >= 11 is 1.39. The third-order valence-corrected chi connectivity index (χ3v) is 7.33. The lowest BCUT2D eigenvalue weighted by Gasteiger charge is -2.21. The van der Waals surface area contributed by atoms with Crippen molar-refractivity contribution in [1.82, 2.24) is 24.4 Å². The first-order chi connectivity index (χ1) is 17.0. The molecule has 1 fully saturated rings. The quantitative estimate of drug-likeness (QED) is 0.407. The maximum atomic E-state index is 13.2. The van der Waals surface area contributed by atoms with Crippen LogP contribution < -0.4 is 5.32 Å². The van der Waals surface area contributed by atoms with Gasteiger partial charge in [-0.2, -0.15) is 0 Å². The van der Waals surface area contributed by atoms with Crippen molar-refractivity contribution in [3.05, 3.63) is 72.0 Å². The van der Waals surface area contributed by atoms with E-state index in [4.69, 9.17) is 4.98 Å². The van der Waals surface area contributed by atoms with E-state index in [9.17, 15) is 9.59 Å². The van der Waals surface area contributed by atoms with Gasteiger partial charge in [0.25, 0.3) is 5.91 Å². The van der Waals surface area contributed by atoms with Crippen LogP contribution in [-0.2, 0) is 4.79 Å². The summed E-state index contributed by atoms with van der Waals surface area (Å²) in [6, 6.07) is 13.6. The number of rotatable bonds is 5. The van der Waals surface area contributed by atoms with Crippen LogP contribution in [-0.4, -0.2) is 49.3 Å². The van der Waals surface area contributed by atoms with Gasteiger partial charge in [0, 0.05) is 25.3 Å². The van der Waals surface area contributed by atoms with E-state index in [1.54, 1.807) is 6.20 Å². The molecule has 1 aromatic carbocycles. The molecule has 1 aliphatic heterocycles. The minimum Gasteiger partial charge on any atom is -0.339 e. The van der Waals surface area contributed by atoms with Crippen molar-refractivity contribution in [2.24, 2.45) is 0 Å². The Bertz CT molecular complexity index is 1410. The number of amides is 2. The standard InChI is InChI=1S/C26H26N6O2S/c1-3-24(33)31-15-6-7-18(13-16-31)32-21-9-5-4-8-19(21)29-26(32)30-25(34)23-11-10-22(35-23)20-12-14-27-17(2)28-20/h3-5,8-12,14,18H,1,6-7,13,15-16H2,2H3,(H,29,30,34)/t18-/m1/s1. The molecule has 8 nitrogen and oxygen atoms in total. The number of carbonyl (C=O) groups is 2. The van der Waals surface area contributed by atoms with E-state index in [1.165, 1.54) is 17.4 Å². The summed E-state index contributed by atoms with van der Waals surface area (Å²) in [6.07, 6.45) is 5.63. The number of hydrogen-bond acceptors (Lipinski definition) is 6. The van der Waals surface area contributed by atoms with Crippen LogP contribution in [0.5, 0.6) is 0 Å². The molecule has 4 heterocycles. The first-order valence-electron chi connectivity index (χ1n) is 11.6. The first-order valence-corrected chi connectivity index (χ1v) is 12.4. The molecule has 178 valence electrons. The number of anilines is 1. The zero-order valence-electron chi connectivity index (χ0n) is 19.5. The molecule has 5 rings (SSSR count). The maximum Gasteiger partial charge on any atom is 0.268 e. The molecule has 0 unspecified atom stereocenters. The molecular weight excluding hydrogens is 460 g/mol. The normalized spacial score (nSPS) is 16.1. The Labute approximate surface area is 207 Å². The Morgan fingerprint density at radius 2 is 1.97 bits per heavy atom. The second-order valence-electron chi connectivity index (χ2n) is 8.52. The summed E-state index contributed by atoms with van der Waals surface area (Å²) in [4.78, 5) is 42.1. The van der Waals surface area contributed by atoms with Crippen LogP contribution in [0.1, 0.15) is 40.8 Å². The fourth-order valence-corrected chi connectivity index (χ4v) is 5.41. The number of imidazole rings is 1. The molecular formula is C26H26N6O2S. The van der Waals surface area contributed by atoms with Crippen molar-refractivity contribution in [3.63, 3.8) is 0 Å². The summed E-state index contributed by atoms with van der Waals surface area (Å²) in [5.41, 5.74) is 2.60. The highest BCUT2D eigenvalue weighted by molar-refractivity contribution is 7.17. The van der Waals surface area contributed by atoms with E-state index in [1.807, 2.05) is 54.3 Å². The van der Waals surface area contributed by atoms with E-state index in [-0.39, 0.29) is 17.9 Å². The molecule has 0 spiro atoms. The molecule has 0 saturated carbocycles. The van der Waals surface area contributed by atoms with Crippen molar-refractivity contribution in [3.8, 4) is 10.6 Å². The predicted molar refractivity (Wildman–Crippen MR) is 137 cm³/mol. The SMILES string of the molecule is C=CC(=O)N1CCC[C@@H](n2c(NC(=O)c3ccc(-c4ccnc(C)n4)s3)nc3ccccc32)CC1. The lowest BCUT2D eigenvalue weighted by Crippen LogP contribution is -2.30. The van der Waals surface area contributed by atoms with Crippen LogP contribution in [0, 0.1) is 6.92 Å². The lowest BCUT2D eigenvalue weighted by atomic mass is 10.1. The van der Waals surface area contributed by atoms with E-state index in [0.29, 0.717) is 29.7 Å². The summed E-state index contributed by atoms with van der Waals surface area (Å²) in [5, 5.41) is 3.05. The molecule has 1 atom stereocenters. The molecule has 9 heteroatoms. The number of fused-ring (bicyclic) bond motifs is 1. The van der Waals surface area contributed by atoms with Crippen LogP contribution >= 0.6 is 11.3 Å². The van der Waals surface area contributed by atoms with Gasteiger partial charge in [-0.1, -0.05) is 18.7 Å². The second kappa shape index (κ2) is 9.79. The number of likely N-dealkylation sites (tertiary alicyclic amines) is 1. The molecule has 1 N–H and O–H groups in total. The second-order valence-corrected chi connectivity index (χ2v) is 9.60. The average Bonchev–Trinajstić information content (AvgIpc) is 3.42. The smallest absolute Gasteiger partial charge is 0.268 e. The molecule has 0 bridgehead atoms. The van der Waals surface area contributed by atoms with Gasteiger partial charge in [-0.05, 0) is 62.6 Å². The number of nitrogens with one attached hydrogen (secondary N) is 1. The van der Waals surface area contributed by atoms with Crippen molar-refractivity contribution in [2.75, 3.05) is 18.4 Å². The van der Waals surface area contributed by atoms with E-state index in [2.05, 4.69) is 26.4 Å². The zero-order chi connectivity index (χ0) is 24.4. The van der Waals surface area contributed by atoms with Gasteiger partial charge in [0.2, 0.25) is 11.9 Å². The van der Waals surface area contributed by atoms with Crippen molar-refractivity contribution >= 4 is 40.1 Å². The van der Waals surface area contributed by atoms with E-state index in [0.717, 1.165) is 40.9 Å². The van der Waals surface area contributed by atoms with Crippen LogP contribution in [0.25, 0.3) is 21.6 Å². The molecule has 1 saturated heterocycles. The van der Waals surface area contributed by atoms with Gasteiger partial charge in [-0.25, -0.2) is 15.0 Å². The number of aromatic nitrogens is 4. The molecule has 4 aromatic rings. The van der Waals surface area contributed by atoms with Crippen molar-refractivity contribution in [2.45, 2.75) is 32.2 Å². The highest BCUT2D eigenvalue weighted by Gasteiger charge is 2.25. The Morgan fingerprint density at radius 1 is 1.11 bits per heavy atom. The number of para-hydroxylation sites is 2. The molecule has 1 aliphatic rings. The Hall–Kier alpha value is -3.85. The van der Waals surface area contributed by atoms with Crippen molar-refractivity contribution < 1.29 is 9.59 Å². The highest BCUT2D eigenvalue weighted by atomic mass is 32.1. The van der Waals surface area contributed by atoms with Gasteiger partial charge in [-0.15, -0.1) is 11.3 Å². The minimum absolute atomic E-state index is 0.0398. The van der Waals surface area contributed by atoms with Crippen LogP contribution in [0.4, 0.5) is 5.95 Å². The molecule has 0 radical (unpaired) electrons. The maximum absolute atomic E-state index is 13.2. The average molecular weight is 487 g/mol. The Kier molecular flexibility index (Phi) is 6.41. The monoisotopic (exact) mass is 486 g/mol.